The van der Waals surface area contributed by atoms with E-state index in [0.717, 1.165) is 37.1 Å². The summed E-state index contributed by atoms with van der Waals surface area (Å²) in [5, 5.41) is 10.9. The number of amides is 1. The summed E-state index contributed by atoms with van der Waals surface area (Å²) < 4.78 is 14.7. The Morgan fingerprint density at radius 1 is 1.42 bits per heavy atom. The number of hydrogen-bond acceptors (Lipinski definition) is 7. The summed E-state index contributed by atoms with van der Waals surface area (Å²) in [4.78, 5) is 26.9. The molecule has 8 nitrogen and oxygen atoms in total. The Morgan fingerprint density at radius 3 is 3.06 bits per heavy atom. The van der Waals surface area contributed by atoms with Crippen molar-refractivity contribution in [2.75, 3.05) is 25.1 Å². The van der Waals surface area contributed by atoms with Crippen molar-refractivity contribution in [2.24, 2.45) is 20.5 Å². The van der Waals surface area contributed by atoms with Crippen LogP contribution in [-0.2, 0) is 0 Å². The van der Waals surface area contributed by atoms with Gasteiger partial charge in [-0.3, -0.25) is 20.2 Å². The van der Waals surface area contributed by atoms with Crippen molar-refractivity contribution in [3.05, 3.63) is 29.6 Å². The maximum Gasteiger partial charge on any atom is 0.259 e. The molecule has 4 aliphatic rings. The average Bonchev–Trinajstić information content (AvgIpc) is 3.34. The van der Waals surface area contributed by atoms with E-state index in [0.29, 0.717) is 24.8 Å². The summed E-state index contributed by atoms with van der Waals surface area (Å²) in [6, 6.07) is 5.30. The number of carbonyl (C=O) groups is 1. The van der Waals surface area contributed by atoms with Crippen LogP contribution in [0.5, 0.6) is 0 Å². The van der Waals surface area contributed by atoms with E-state index < -0.39 is 5.82 Å². The van der Waals surface area contributed by atoms with Gasteiger partial charge in [0.25, 0.3) is 5.91 Å². The summed E-state index contributed by atoms with van der Waals surface area (Å²) in [6.45, 7) is 5.96. The first-order chi connectivity index (χ1) is 15.0. The number of halogens is 1. The van der Waals surface area contributed by atoms with Gasteiger partial charge in [0.05, 0.1) is 36.2 Å². The Balaban J connectivity index is 1.38. The van der Waals surface area contributed by atoms with Gasteiger partial charge >= 0.3 is 0 Å². The van der Waals surface area contributed by atoms with Gasteiger partial charge in [0, 0.05) is 30.8 Å². The van der Waals surface area contributed by atoms with E-state index in [1.165, 1.54) is 18.3 Å². The SMILES string of the molecule is CC1=NCC(C)N=C1N1C2C[C@@]23CCN(C(=O)c2c(F)cccc2NN=CC=N)C[C@H]13. The van der Waals surface area contributed by atoms with Gasteiger partial charge in [-0.15, -0.1) is 0 Å². The largest absolute Gasteiger partial charge is 0.346 e. The summed E-state index contributed by atoms with van der Waals surface area (Å²) in [7, 11) is 0. The number of amidine groups is 1. The zero-order valence-corrected chi connectivity index (χ0v) is 17.7. The van der Waals surface area contributed by atoms with Crippen molar-refractivity contribution < 1.29 is 9.18 Å². The van der Waals surface area contributed by atoms with Gasteiger partial charge in [-0.1, -0.05) is 6.07 Å². The Kier molecular flexibility index (Phi) is 4.64. The Bertz CT molecular complexity index is 1030. The minimum Gasteiger partial charge on any atom is -0.346 e. The summed E-state index contributed by atoms with van der Waals surface area (Å²) in [5.74, 6) is 0.0443. The number of aliphatic imine (C=N–C) groups is 2. The van der Waals surface area contributed by atoms with Gasteiger partial charge in [0.15, 0.2) is 0 Å². The van der Waals surface area contributed by atoms with Crippen LogP contribution in [0.1, 0.15) is 37.0 Å². The molecule has 2 saturated heterocycles. The lowest BCUT2D eigenvalue weighted by molar-refractivity contribution is 0.00155. The molecule has 1 saturated carbocycles. The molecule has 4 atom stereocenters. The minimum atomic E-state index is -0.580. The van der Waals surface area contributed by atoms with Crippen molar-refractivity contribution in [1.82, 2.24) is 9.80 Å². The molecule has 31 heavy (non-hydrogen) atoms. The second kappa shape index (κ2) is 7.25. The number of hydrazone groups is 1. The molecule has 1 aliphatic carbocycles. The zero-order valence-electron chi connectivity index (χ0n) is 17.7. The van der Waals surface area contributed by atoms with Crippen LogP contribution < -0.4 is 5.43 Å². The van der Waals surface area contributed by atoms with Gasteiger partial charge in [-0.2, -0.15) is 5.10 Å². The molecule has 1 spiro atoms. The molecule has 162 valence electrons. The Hall–Kier alpha value is -3.10. The van der Waals surface area contributed by atoms with Gasteiger partial charge in [-0.05, 0) is 38.8 Å². The van der Waals surface area contributed by atoms with Crippen LogP contribution in [0.15, 0.2) is 33.3 Å². The lowest BCUT2D eigenvalue weighted by Gasteiger charge is -2.54. The van der Waals surface area contributed by atoms with E-state index in [4.69, 9.17) is 10.4 Å². The topological polar surface area (TPSA) is 96.5 Å². The fraction of sp³-hybridized carbons (Fsp3) is 0.500. The summed E-state index contributed by atoms with van der Waals surface area (Å²) in [5.41, 5.74) is 4.20. The number of likely N-dealkylation sites (tertiary alicyclic amines) is 2. The molecular weight excluding hydrogens is 397 g/mol. The molecule has 2 unspecified atom stereocenters. The van der Waals surface area contributed by atoms with Crippen LogP contribution in [0, 0.1) is 16.6 Å². The average molecular weight is 423 g/mol. The standard InChI is InChI=1S/C22H26FN7O/c1-13-11-25-14(2)20(27-13)30-17-10-22(17)6-9-29(12-18(22)30)21(31)19-15(23)4-3-5-16(19)28-26-8-7-24/h3-5,7-8,13,17-18,24,28H,6,9-12H2,1-2H3/t13?,17?,18-,22-/m0/s1. The predicted molar refractivity (Wildman–Crippen MR) is 119 cm³/mol. The third kappa shape index (κ3) is 3.05. The molecule has 1 aromatic rings. The molecule has 9 heteroatoms. The second-order valence-electron chi connectivity index (χ2n) is 8.82. The van der Waals surface area contributed by atoms with E-state index in [1.54, 1.807) is 11.0 Å². The van der Waals surface area contributed by atoms with Crippen LogP contribution in [0.3, 0.4) is 0 Å². The quantitative estimate of drug-likeness (QED) is 0.575. The molecule has 3 aliphatic heterocycles. The third-order valence-corrected chi connectivity index (χ3v) is 7.00. The Morgan fingerprint density at radius 2 is 2.26 bits per heavy atom. The van der Waals surface area contributed by atoms with E-state index in [1.807, 2.05) is 6.92 Å². The number of hydrogen-bond donors (Lipinski definition) is 2. The highest BCUT2D eigenvalue weighted by Crippen LogP contribution is 2.67. The molecule has 5 rings (SSSR count). The summed E-state index contributed by atoms with van der Waals surface area (Å²) >= 11 is 0. The molecule has 3 heterocycles. The number of nitrogens with one attached hydrogen (secondary N) is 2. The van der Waals surface area contributed by atoms with E-state index in [9.17, 15) is 9.18 Å². The van der Waals surface area contributed by atoms with Crippen LogP contribution in [0.25, 0.3) is 0 Å². The third-order valence-electron chi connectivity index (χ3n) is 7.00. The maximum absolute atomic E-state index is 14.7. The van der Waals surface area contributed by atoms with Crippen LogP contribution in [0.4, 0.5) is 10.1 Å². The molecule has 0 bridgehead atoms. The van der Waals surface area contributed by atoms with Gasteiger partial charge in [0.1, 0.15) is 17.2 Å². The Labute approximate surface area is 180 Å². The van der Waals surface area contributed by atoms with Crippen molar-refractivity contribution in [3.63, 3.8) is 0 Å². The summed E-state index contributed by atoms with van der Waals surface area (Å²) in [6.07, 6.45) is 4.30. The zero-order chi connectivity index (χ0) is 21.8. The molecule has 0 radical (unpaired) electrons. The van der Waals surface area contributed by atoms with Gasteiger partial charge in [0.2, 0.25) is 0 Å². The van der Waals surface area contributed by atoms with Crippen LogP contribution in [-0.4, -0.2) is 77.4 Å². The second-order valence-corrected chi connectivity index (χ2v) is 8.82. The smallest absolute Gasteiger partial charge is 0.259 e. The van der Waals surface area contributed by atoms with Crippen molar-refractivity contribution in [3.8, 4) is 0 Å². The van der Waals surface area contributed by atoms with Crippen molar-refractivity contribution in [1.29, 1.82) is 5.41 Å². The van der Waals surface area contributed by atoms with Crippen molar-refractivity contribution >= 4 is 35.6 Å². The number of piperidine rings is 1. The monoisotopic (exact) mass is 423 g/mol. The highest BCUT2D eigenvalue weighted by molar-refractivity contribution is 6.41. The number of nitrogens with zero attached hydrogens (tertiary/aromatic N) is 5. The number of rotatable bonds is 4. The maximum atomic E-state index is 14.7. The van der Waals surface area contributed by atoms with E-state index in [-0.39, 0.29) is 29.0 Å². The number of anilines is 1. The highest BCUT2D eigenvalue weighted by Gasteiger charge is 2.74. The fourth-order valence-corrected chi connectivity index (χ4v) is 5.35. The molecule has 1 amide bonds. The molecular formula is C22H26FN7O. The van der Waals surface area contributed by atoms with Gasteiger partial charge in [-0.25, -0.2) is 4.39 Å². The van der Waals surface area contributed by atoms with E-state index >= 15 is 0 Å². The van der Waals surface area contributed by atoms with Crippen LogP contribution >= 0.6 is 0 Å². The van der Waals surface area contributed by atoms with Gasteiger partial charge < -0.3 is 15.2 Å². The number of benzene rings is 1. The van der Waals surface area contributed by atoms with Crippen molar-refractivity contribution in [2.45, 2.75) is 44.8 Å². The predicted octanol–water partition coefficient (Wildman–Crippen LogP) is 2.42. The molecule has 0 aromatic heterocycles. The minimum absolute atomic E-state index is 0.0137. The normalized spacial score (nSPS) is 31.3. The lowest BCUT2D eigenvalue weighted by Crippen LogP contribution is -2.67. The van der Waals surface area contributed by atoms with Crippen LogP contribution in [0.2, 0.25) is 0 Å². The first kappa shape index (κ1) is 19.8. The first-order valence-corrected chi connectivity index (χ1v) is 10.7. The molecule has 1 aromatic carbocycles. The first-order valence-electron chi connectivity index (χ1n) is 10.7. The highest BCUT2D eigenvalue weighted by atomic mass is 19.1. The lowest BCUT2D eigenvalue weighted by atomic mass is 9.79. The molecule has 3 fully saturated rings. The molecule has 2 N–H and O–H groups in total. The van der Waals surface area contributed by atoms with E-state index in [2.05, 4.69) is 27.3 Å². The fourth-order valence-electron chi connectivity index (χ4n) is 5.35. The number of carbonyl (C=O) groups excluding carboxylic acids is 1.